The van der Waals surface area contributed by atoms with E-state index in [1.165, 1.54) is 11.6 Å². The Bertz CT molecular complexity index is 510. The molecule has 100 valence electrons. The molecule has 19 heavy (non-hydrogen) atoms. The third-order valence-corrected chi connectivity index (χ3v) is 3.81. The molecule has 0 fully saturated rings. The molecule has 0 bridgehead atoms. The third kappa shape index (κ3) is 4.28. The fourth-order valence-electron chi connectivity index (χ4n) is 1.78. The van der Waals surface area contributed by atoms with E-state index in [1.807, 2.05) is 30.0 Å². The number of nitrogens with one attached hydrogen (secondary N) is 1. The summed E-state index contributed by atoms with van der Waals surface area (Å²) in [5, 5.41) is 3.24. The Morgan fingerprint density at radius 3 is 2.47 bits per heavy atom. The topological polar surface area (TPSA) is 12.0 Å². The molecule has 0 unspecified atom stereocenters. The standard InChI is InChI=1S/C16H18FNS/c1-2-19-12-13-7-9-15(10-8-13)18-11-14-5-3-4-6-16(14)17/h3-10,18H,2,11-12H2,1H3. The van der Waals surface area contributed by atoms with Crippen LogP contribution in [0, 0.1) is 5.82 Å². The zero-order chi connectivity index (χ0) is 13.5. The second-order valence-corrected chi connectivity index (χ2v) is 5.55. The minimum absolute atomic E-state index is 0.161. The Morgan fingerprint density at radius 1 is 1.05 bits per heavy atom. The van der Waals surface area contributed by atoms with E-state index in [2.05, 4.69) is 24.4 Å². The van der Waals surface area contributed by atoms with Gasteiger partial charge in [0.1, 0.15) is 5.82 Å². The van der Waals surface area contributed by atoms with E-state index in [1.54, 1.807) is 12.1 Å². The van der Waals surface area contributed by atoms with Crippen LogP contribution < -0.4 is 5.32 Å². The molecule has 3 heteroatoms. The first kappa shape index (κ1) is 13.9. The van der Waals surface area contributed by atoms with Gasteiger partial charge in [-0.1, -0.05) is 37.3 Å². The van der Waals surface area contributed by atoms with Crippen LogP contribution in [0.1, 0.15) is 18.1 Å². The Hall–Kier alpha value is -1.48. The van der Waals surface area contributed by atoms with Gasteiger partial charge in [0.15, 0.2) is 0 Å². The average Bonchev–Trinajstić information content (AvgIpc) is 2.45. The van der Waals surface area contributed by atoms with Crippen molar-refractivity contribution < 1.29 is 4.39 Å². The summed E-state index contributed by atoms with van der Waals surface area (Å²) in [5.41, 5.74) is 3.03. The van der Waals surface area contributed by atoms with Crippen molar-refractivity contribution in [3.05, 3.63) is 65.5 Å². The van der Waals surface area contributed by atoms with Crippen LogP contribution >= 0.6 is 11.8 Å². The number of benzene rings is 2. The Kier molecular flexibility index (Phi) is 5.28. The lowest BCUT2D eigenvalue weighted by Gasteiger charge is -2.08. The van der Waals surface area contributed by atoms with Crippen LogP contribution in [0.3, 0.4) is 0 Å². The van der Waals surface area contributed by atoms with Crippen LogP contribution in [-0.4, -0.2) is 5.75 Å². The molecule has 1 nitrogen and oxygen atoms in total. The van der Waals surface area contributed by atoms with E-state index in [9.17, 15) is 4.39 Å². The van der Waals surface area contributed by atoms with Gasteiger partial charge in [0.2, 0.25) is 0 Å². The lowest BCUT2D eigenvalue weighted by Crippen LogP contribution is -2.01. The number of thioether (sulfide) groups is 1. The van der Waals surface area contributed by atoms with Gasteiger partial charge in [0, 0.05) is 23.5 Å². The number of halogens is 1. The summed E-state index contributed by atoms with van der Waals surface area (Å²) in [4.78, 5) is 0. The third-order valence-electron chi connectivity index (χ3n) is 2.87. The maximum atomic E-state index is 13.5. The van der Waals surface area contributed by atoms with Crippen LogP contribution in [0.25, 0.3) is 0 Å². The van der Waals surface area contributed by atoms with Crippen molar-refractivity contribution in [1.82, 2.24) is 0 Å². The van der Waals surface area contributed by atoms with Crippen molar-refractivity contribution in [3.63, 3.8) is 0 Å². The summed E-state index contributed by atoms with van der Waals surface area (Å²) in [5.74, 6) is 2.02. The van der Waals surface area contributed by atoms with Crippen LogP contribution in [0.4, 0.5) is 10.1 Å². The van der Waals surface area contributed by atoms with Gasteiger partial charge >= 0.3 is 0 Å². The molecular formula is C16H18FNS. The quantitative estimate of drug-likeness (QED) is 0.820. The highest BCUT2D eigenvalue weighted by atomic mass is 32.2. The molecule has 2 rings (SSSR count). The summed E-state index contributed by atoms with van der Waals surface area (Å²) in [7, 11) is 0. The minimum atomic E-state index is -0.161. The molecule has 0 aromatic heterocycles. The monoisotopic (exact) mass is 275 g/mol. The second-order valence-electron chi connectivity index (χ2n) is 4.28. The van der Waals surface area contributed by atoms with E-state index < -0.39 is 0 Å². The first-order valence-corrected chi connectivity index (χ1v) is 7.59. The average molecular weight is 275 g/mol. The van der Waals surface area contributed by atoms with Crippen LogP contribution in [0.5, 0.6) is 0 Å². The number of rotatable bonds is 6. The van der Waals surface area contributed by atoms with Crippen molar-refractivity contribution in [2.45, 2.75) is 19.2 Å². The maximum absolute atomic E-state index is 13.5. The van der Waals surface area contributed by atoms with Crippen LogP contribution in [0.2, 0.25) is 0 Å². The predicted octanol–water partition coefficient (Wildman–Crippen LogP) is 4.69. The van der Waals surface area contributed by atoms with Crippen LogP contribution in [0.15, 0.2) is 48.5 Å². The Balaban J connectivity index is 1.91. The van der Waals surface area contributed by atoms with Gasteiger partial charge in [-0.2, -0.15) is 11.8 Å². The highest BCUT2D eigenvalue weighted by molar-refractivity contribution is 7.98. The number of hydrogen-bond donors (Lipinski definition) is 1. The molecule has 0 aliphatic carbocycles. The summed E-state index contributed by atoms with van der Waals surface area (Å²) in [6, 6.07) is 15.2. The predicted molar refractivity (Wildman–Crippen MR) is 82.0 cm³/mol. The highest BCUT2D eigenvalue weighted by Crippen LogP contribution is 2.16. The molecular weight excluding hydrogens is 257 g/mol. The van der Waals surface area contributed by atoms with Gasteiger partial charge in [-0.15, -0.1) is 0 Å². The number of hydrogen-bond acceptors (Lipinski definition) is 2. The molecule has 0 radical (unpaired) electrons. The van der Waals surface area contributed by atoms with Gasteiger partial charge in [-0.3, -0.25) is 0 Å². The van der Waals surface area contributed by atoms with Crippen molar-refractivity contribution in [2.24, 2.45) is 0 Å². The van der Waals surface area contributed by atoms with E-state index in [0.717, 1.165) is 17.2 Å². The minimum Gasteiger partial charge on any atom is -0.381 e. The first-order valence-electron chi connectivity index (χ1n) is 6.43. The summed E-state index contributed by atoms with van der Waals surface area (Å²) >= 11 is 1.91. The first-order chi connectivity index (χ1) is 9.29. The van der Waals surface area contributed by atoms with Gasteiger partial charge in [0.25, 0.3) is 0 Å². The molecule has 0 amide bonds. The zero-order valence-corrected chi connectivity index (χ0v) is 11.8. The van der Waals surface area contributed by atoms with Gasteiger partial charge in [-0.05, 0) is 29.5 Å². The van der Waals surface area contributed by atoms with E-state index in [-0.39, 0.29) is 5.82 Å². The van der Waals surface area contributed by atoms with Crippen molar-refractivity contribution in [3.8, 4) is 0 Å². The summed E-state index contributed by atoms with van der Waals surface area (Å²) in [6.07, 6.45) is 0. The second kappa shape index (κ2) is 7.19. The molecule has 0 atom stereocenters. The molecule has 1 N–H and O–H groups in total. The zero-order valence-electron chi connectivity index (χ0n) is 11.0. The number of anilines is 1. The Labute approximate surface area is 118 Å². The van der Waals surface area contributed by atoms with Crippen LogP contribution in [-0.2, 0) is 12.3 Å². The van der Waals surface area contributed by atoms with Gasteiger partial charge < -0.3 is 5.32 Å². The molecule has 0 aliphatic heterocycles. The molecule has 0 saturated heterocycles. The molecule has 0 spiro atoms. The lowest BCUT2D eigenvalue weighted by atomic mass is 10.2. The van der Waals surface area contributed by atoms with Gasteiger partial charge in [-0.25, -0.2) is 4.39 Å². The maximum Gasteiger partial charge on any atom is 0.128 e. The fourth-order valence-corrected chi connectivity index (χ4v) is 2.41. The normalized spacial score (nSPS) is 10.4. The largest absolute Gasteiger partial charge is 0.381 e. The van der Waals surface area contributed by atoms with E-state index in [4.69, 9.17) is 0 Å². The fraction of sp³-hybridized carbons (Fsp3) is 0.250. The van der Waals surface area contributed by atoms with E-state index >= 15 is 0 Å². The van der Waals surface area contributed by atoms with Crippen molar-refractivity contribution >= 4 is 17.4 Å². The van der Waals surface area contributed by atoms with Gasteiger partial charge in [0.05, 0.1) is 0 Å². The van der Waals surface area contributed by atoms with Crippen molar-refractivity contribution in [1.29, 1.82) is 0 Å². The molecule has 2 aromatic carbocycles. The SMILES string of the molecule is CCSCc1ccc(NCc2ccccc2F)cc1. The Morgan fingerprint density at radius 2 is 1.79 bits per heavy atom. The van der Waals surface area contributed by atoms with Crippen molar-refractivity contribution in [2.75, 3.05) is 11.1 Å². The smallest absolute Gasteiger partial charge is 0.128 e. The molecule has 0 aliphatic rings. The summed E-state index contributed by atoms with van der Waals surface area (Å²) in [6.45, 7) is 2.67. The summed E-state index contributed by atoms with van der Waals surface area (Å²) < 4.78 is 13.5. The van der Waals surface area contributed by atoms with E-state index in [0.29, 0.717) is 12.1 Å². The molecule has 0 saturated carbocycles. The highest BCUT2D eigenvalue weighted by Gasteiger charge is 2.00. The molecule has 0 heterocycles. The lowest BCUT2D eigenvalue weighted by molar-refractivity contribution is 0.613. The molecule has 2 aromatic rings.